The first-order valence-corrected chi connectivity index (χ1v) is 17.7. The highest BCUT2D eigenvalue weighted by atomic mass is 16.6. The number of aliphatic carboxylic acids is 1. The van der Waals surface area contributed by atoms with Crippen molar-refractivity contribution in [1.29, 1.82) is 0 Å². The maximum Gasteiger partial charge on any atom is 0.372 e. The number of Topliss-reactive ketones (excluding diaryl/α,β-unsaturated/α-hetero) is 1. The molecule has 18 nitrogen and oxygen atoms in total. The first-order valence-electron chi connectivity index (χ1n) is 17.7. The van der Waals surface area contributed by atoms with E-state index in [1.165, 1.54) is 0 Å². The largest absolute Gasteiger partial charge is 0.491 e. The molecular weight excluding hydrogens is 706 g/mol. The molecule has 306 valence electrons. The number of carboxylic acid groups (broad SMARTS) is 1. The lowest BCUT2D eigenvalue weighted by Gasteiger charge is -2.09. The van der Waals surface area contributed by atoms with E-state index in [4.69, 9.17) is 72.4 Å². The van der Waals surface area contributed by atoms with Gasteiger partial charge in [-0.1, -0.05) is 0 Å². The molecule has 3 N–H and O–H groups in total. The molecule has 0 unspecified atom stereocenters. The second-order valence-corrected chi connectivity index (χ2v) is 10.6. The summed E-state index contributed by atoms with van der Waals surface area (Å²) in [5, 5.41) is 8.45. The minimum atomic E-state index is -1.57. The van der Waals surface area contributed by atoms with Gasteiger partial charge < -0.3 is 72.4 Å². The number of ketones is 1. The Morgan fingerprint density at radius 1 is 0.415 bits per heavy atom. The summed E-state index contributed by atoms with van der Waals surface area (Å²) in [5.41, 5.74) is 6.34. The number of nitrogen functional groups attached to an aromatic ring is 1. The lowest BCUT2D eigenvalue weighted by molar-refractivity contribution is -0.151. The van der Waals surface area contributed by atoms with E-state index in [1.54, 1.807) is 12.1 Å². The van der Waals surface area contributed by atoms with Gasteiger partial charge in [-0.3, -0.25) is 9.59 Å². The number of carbonyl (C=O) groups excluding carboxylic acids is 2. The Labute approximate surface area is 311 Å². The zero-order valence-corrected chi connectivity index (χ0v) is 30.8. The first-order chi connectivity index (χ1) is 26.0. The molecule has 0 amide bonds. The summed E-state index contributed by atoms with van der Waals surface area (Å²) in [7, 11) is 0. The molecule has 0 aliphatic heterocycles. The predicted molar refractivity (Wildman–Crippen MR) is 188 cm³/mol. The summed E-state index contributed by atoms with van der Waals surface area (Å²) in [6.07, 6.45) is -0.666. The number of rotatable bonds is 41. The monoisotopic (exact) mass is 765 g/mol. The zero-order valence-electron chi connectivity index (χ0n) is 30.8. The molecule has 0 aliphatic carbocycles. The Hall–Kier alpha value is -3.01. The third-order valence-electron chi connectivity index (χ3n) is 6.38. The highest BCUT2D eigenvalue weighted by Gasteiger charge is 2.14. The minimum absolute atomic E-state index is 0.0104. The Morgan fingerprint density at radius 3 is 1.00 bits per heavy atom. The standard InChI is InChI=1S/C35H59NO17/c36-31-1-3-32(4-2-31)52-29-27-50-25-23-48-21-19-46-17-15-44-13-11-42-9-7-41-8-10-43-12-14-45-16-18-47-20-22-49-24-26-51-28-30-53-34(38)6-5-33(37)35(39)40/h1-4H,5-30,36H2,(H,39,40). The summed E-state index contributed by atoms with van der Waals surface area (Å²) < 4.78 is 70.2. The molecule has 0 fully saturated rings. The van der Waals surface area contributed by atoms with Crippen molar-refractivity contribution in [3.8, 4) is 5.75 Å². The fourth-order valence-corrected chi connectivity index (χ4v) is 3.69. The van der Waals surface area contributed by atoms with Gasteiger partial charge in [0, 0.05) is 12.1 Å². The molecular formula is C35H59NO17. The normalized spacial score (nSPS) is 11.2. The quantitative estimate of drug-likeness (QED) is 0.0408. The molecule has 0 aromatic heterocycles. The number of carboxylic acids is 1. The van der Waals surface area contributed by atoms with E-state index < -0.39 is 17.7 Å². The van der Waals surface area contributed by atoms with Crippen molar-refractivity contribution < 1.29 is 81.1 Å². The Kier molecular flexibility index (Phi) is 33.8. The Bertz CT molecular complexity index is 1000. The van der Waals surface area contributed by atoms with Gasteiger partial charge in [-0.05, 0) is 24.3 Å². The highest BCUT2D eigenvalue weighted by Crippen LogP contribution is 2.12. The van der Waals surface area contributed by atoms with Crippen molar-refractivity contribution in [1.82, 2.24) is 0 Å². The molecule has 0 spiro atoms. The molecule has 0 aliphatic rings. The van der Waals surface area contributed by atoms with Gasteiger partial charge >= 0.3 is 11.9 Å². The van der Waals surface area contributed by atoms with Gasteiger partial charge in [0.05, 0.1) is 152 Å². The van der Waals surface area contributed by atoms with Crippen LogP contribution in [0.5, 0.6) is 5.75 Å². The molecule has 1 rings (SSSR count). The third-order valence-corrected chi connectivity index (χ3v) is 6.38. The number of hydrogen-bond donors (Lipinski definition) is 2. The number of anilines is 1. The van der Waals surface area contributed by atoms with E-state index in [0.29, 0.717) is 151 Å². The van der Waals surface area contributed by atoms with Crippen LogP contribution in [-0.4, -0.2) is 181 Å². The molecule has 1 aromatic carbocycles. The summed E-state index contributed by atoms with van der Waals surface area (Å²) in [4.78, 5) is 32.7. The van der Waals surface area contributed by atoms with E-state index in [0.717, 1.165) is 5.75 Å². The Balaban J connectivity index is 1.64. The van der Waals surface area contributed by atoms with Gasteiger partial charge in [0.25, 0.3) is 0 Å². The number of benzene rings is 1. The van der Waals surface area contributed by atoms with Crippen LogP contribution < -0.4 is 10.5 Å². The fraction of sp³-hybridized carbons (Fsp3) is 0.743. The number of carbonyl (C=O) groups is 3. The van der Waals surface area contributed by atoms with E-state index in [-0.39, 0.29) is 26.1 Å². The first kappa shape index (κ1) is 48.0. The average molecular weight is 766 g/mol. The average Bonchev–Trinajstić information content (AvgIpc) is 3.15. The SMILES string of the molecule is Nc1ccc(OCCOCCOCCOCCOCCOCCOCCOCCOCCOCCOCCOCCOC(=O)CCC(=O)C(=O)O)cc1. The molecule has 0 radical (unpaired) electrons. The molecule has 0 atom stereocenters. The molecule has 0 saturated carbocycles. The lowest BCUT2D eigenvalue weighted by Crippen LogP contribution is -2.17. The van der Waals surface area contributed by atoms with Crippen molar-refractivity contribution in [2.45, 2.75) is 12.8 Å². The van der Waals surface area contributed by atoms with E-state index in [1.807, 2.05) is 12.1 Å². The lowest BCUT2D eigenvalue weighted by atomic mass is 10.2. The van der Waals surface area contributed by atoms with Crippen LogP contribution in [0.25, 0.3) is 0 Å². The topological polar surface area (TPSA) is 217 Å². The van der Waals surface area contributed by atoms with Gasteiger partial charge in [0.2, 0.25) is 5.78 Å². The van der Waals surface area contributed by atoms with Crippen LogP contribution in [0.2, 0.25) is 0 Å². The van der Waals surface area contributed by atoms with E-state index in [9.17, 15) is 14.4 Å². The van der Waals surface area contributed by atoms with Crippen LogP contribution in [-0.2, 0) is 71.2 Å². The van der Waals surface area contributed by atoms with Gasteiger partial charge in [0.15, 0.2) is 0 Å². The van der Waals surface area contributed by atoms with E-state index in [2.05, 4.69) is 0 Å². The molecule has 53 heavy (non-hydrogen) atoms. The molecule has 0 saturated heterocycles. The van der Waals surface area contributed by atoms with Gasteiger partial charge in [-0.15, -0.1) is 0 Å². The molecule has 18 heteroatoms. The Morgan fingerprint density at radius 2 is 0.698 bits per heavy atom. The van der Waals surface area contributed by atoms with Crippen molar-refractivity contribution in [3.63, 3.8) is 0 Å². The van der Waals surface area contributed by atoms with Crippen molar-refractivity contribution >= 4 is 23.4 Å². The van der Waals surface area contributed by atoms with Crippen LogP contribution in [0.15, 0.2) is 24.3 Å². The van der Waals surface area contributed by atoms with Gasteiger partial charge in [-0.2, -0.15) is 0 Å². The maximum absolute atomic E-state index is 11.4. The van der Waals surface area contributed by atoms with Crippen LogP contribution in [0.3, 0.4) is 0 Å². The number of nitrogens with two attached hydrogens (primary N) is 1. The predicted octanol–water partition coefficient (Wildman–Crippen LogP) is 0.807. The molecule has 0 bridgehead atoms. The van der Waals surface area contributed by atoms with Gasteiger partial charge in [-0.25, -0.2) is 4.79 Å². The second-order valence-electron chi connectivity index (χ2n) is 10.6. The molecule has 0 heterocycles. The fourth-order valence-electron chi connectivity index (χ4n) is 3.69. The van der Waals surface area contributed by atoms with E-state index >= 15 is 0 Å². The van der Waals surface area contributed by atoms with Crippen LogP contribution in [0.1, 0.15) is 12.8 Å². The van der Waals surface area contributed by atoms with Crippen LogP contribution in [0.4, 0.5) is 5.69 Å². The maximum atomic E-state index is 11.4. The van der Waals surface area contributed by atoms with Crippen molar-refractivity contribution in [3.05, 3.63) is 24.3 Å². The zero-order chi connectivity index (χ0) is 38.3. The highest BCUT2D eigenvalue weighted by molar-refractivity contribution is 6.32. The smallest absolute Gasteiger partial charge is 0.372 e. The van der Waals surface area contributed by atoms with Crippen molar-refractivity contribution in [2.24, 2.45) is 0 Å². The van der Waals surface area contributed by atoms with Crippen LogP contribution in [0, 0.1) is 0 Å². The number of hydrogen-bond acceptors (Lipinski definition) is 17. The summed E-state index contributed by atoms with van der Waals surface area (Å²) in [6.45, 7) is 10.1. The van der Waals surface area contributed by atoms with Gasteiger partial charge in [0.1, 0.15) is 19.0 Å². The summed E-state index contributed by atoms with van der Waals surface area (Å²) >= 11 is 0. The molecule has 1 aromatic rings. The third kappa shape index (κ3) is 34.5. The minimum Gasteiger partial charge on any atom is -0.491 e. The number of ether oxygens (including phenoxy) is 13. The number of esters is 1. The summed E-state index contributed by atoms with van der Waals surface area (Å²) in [6, 6.07) is 7.23. The van der Waals surface area contributed by atoms with Crippen LogP contribution >= 0.6 is 0 Å². The summed E-state index contributed by atoms with van der Waals surface area (Å²) in [5.74, 6) is -2.48. The van der Waals surface area contributed by atoms with Crippen molar-refractivity contribution in [2.75, 3.05) is 164 Å². The second kappa shape index (κ2) is 37.3.